The summed E-state index contributed by atoms with van der Waals surface area (Å²) in [6.07, 6.45) is 4.82. The van der Waals surface area contributed by atoms with Crippen molar-refractivity contribution in [1.82, 2.24) is 4.90 Å². The molecule has 0 spiro atoms. The maximum atomic E-state index is 13.7. The van der Waals surface area contributed by atoms with Crippen LogP contribution in [-0.4, -0.2) is 22.5 Å². The molecule has 20 heavy (non-hydrogen) atoms. The summed E-state index contributed by atoms with van der Waals surface area (Å²) in [7, 11) is 0. The van der Waals surface area contributed by atoms with E-state index < -0.39 is 11.6 Å². The maximum absolute atomic E-state index is 13.7. The molecule has 0 amide bonds. The van der Waals surface area contributed by atoms with Crippen molar-refractivity contribution in [1.29, 1.82) is 0 Å². The second-order valence-electron chi connectivity index (χ2n) is 5.29. The van der Waals surface area contributed by atoms with Gasteiger partial charge in [-0.1, -0.05) is 18.3 Å². The van der Waals surface area contributed by atoms with E-state index in [9.17, 15) is 8.78 Å². The van der Waals surface area contributed by atoms with Gasteiger partial charge in [-0.2, -0.15) is 0 Å². The molecular formula is C15H16F2N2S. The smallest absolute Gasteiger partial charge is 0.129 e. The predicted octanol–water partition coefficient (Wildman–Crippen LogP) is 2.70. The lowest BCUT2D eigenvalue weighted by Gasteiger charge is -2.35. The first-order valence-corrected chi connectivity index (χ1v) is 7.19. The van der Waals surface area contributed by atoms with E-state index in [1.54, 1.807) is 0 Å². The minimum absolute atomic E-state index is 0.161. The minimum Gasteiger partial charge on any atom is -0.335 e. The third kappa shape index (κ3) is 2.25. The third-order valence-corrected chi connectivity index (χ3v) is 4.46. The van der Waals surface area contributed by atoms with E-state index in [1.165, 1.54) is 6.07 Å². The quantitative estimate of drug-likeness (QED) is 0.850. The van der Waals surface area contributed by atoms with Crippen molar-refractivity contribution in [2.45, 2.75) is 31.7 Å². The summed E-state index contributed by atoms with van der Waals surface area (Å²) in [6, 6.07) is 2.56. The van der Waals surface area contributed by atoms with Crippen molar-refractivity contribution in [3.63, 3.8) is 0 Å². The monoisotopic (exact) mass is 294 g/mol. The predicted molar refractivity (Wildman–Crippen MR) is 78.4 cm³/mol. The van der Waals surface area contributed by atoms with Gasteiger partial charge in [0.1, 0.15) is 11.6 Å². The fourth-order valence-corrected chi connectivity index (χ4v) is 3.54. The van der Waals surface area contributed by atoms with Crippen LogP contribution in [0.15, 0.2) is 23.9 Å². The van der Waals surface area contributed by atoms with Crippen molar-refractivity contribution in [2.75, 3.05) is 6.54 Å². The van der Waals surface area contributed by atoms with Crippen molar-refractivity contribution in [2.24, 2.45) is 5.73 Å². The van der Waals surface area contributed by atoms with E-state index in [-0.39, 0.29) is 6.04 Å². The Kier molecular flexibility index (Phi) is 3.56. The number of nitrogens with two attached hydrogens (primary N) is 1. The molecule has 1 aliphatic heterocycles. The summed E-state index contributed by atoms with van der Waals surface area (Å²) in [6.45, 7) is 0.445. The molecule has 0 radical (unpaired) electrons. The first-order valence-electron chi connectivity index (χ1n) is 6.78. The van der Waals surface area contributed by atoms with Gasteiger partial charge in [0, 0.05) is 30.8 Å². The van der Waals surface area contributed by atoms with Crippen molar-refractivity contribution in [3.8, 4) is 0 Å². The second-order valence-corrected chi connectivity index (χ2v) is 5.76. The normalized spacial score (nSPS) is 21.9. The lowest BCUT2D eigenvalue weighted by atomic mass is 9.87. The summed E-state index contributed by atoms with van der Waals surface area (Å²) in [5.74, 6) is -0.947. The van der Waals surface area contributed by atoms with E-state index in [0.29, 0.717) is 24.9 Å². The van der Waals surface area contributed by atoms with E-state index in [1.807, 2.05) is 6.08 Å². The van der Waals surface area contributed by atoms with Crippen LogP contribution in [0.3, 0.4) is 0 Å². The number of thiocarbonyl (C=S) groups is 1. The molecule has 106 valence electrons. The van der Waals surface area contributed by atoms with Crippen LogP contribution >= 0.6 is 12.2 Å². The summed E-state index contributed by atoms with van der Waals surface area (Å²) >= 11 is 5.38. The van der Waals surface area contributed by atoms with Gasteiger partial charge in [-0.15, -0.1) is 0 Å². The zero-order valence-corrected chi connectivity index (χ0v) is 11.9. The van der Waals surface area contributed by atoms with Crippen LogP contribution in [0.5, 0.6) is 0 Å². The van der Waals surface area contributed by atoms with Gasteiger partial charge in [0.25, 0.3) is 0 Å². The van der Waals surface area contributed by atoms with Crippen LogP contribution in [-0.2, 0) is 12.8 Å². The molecule has 2 N–H and O–H groups in total. The molecule has 2 nitrogen and oxygen atoms in total. The lowest BCUT2D eigenvalue weighted by Crippen LogP contribution is -2.41. The summed E-state index contributed by atoms with van der Waals surface area (Å²) in [5, 5.41) is 0. The van der Waals surface area contributed by atoms with E-state index >= 15 is 0 Å². The number of benzene rings is 1. The Labute approximate surface area is 122 Å². The summed E-state index contributed by atoms with van der Waals surface area (Å²) in [4.78, 5) is 2.94. The molecule has 0 saturated heterocycles. The molecule has 3 rings (SSSR count). The van der Waals surface area contributed by atoms with Gasteiger partial charge in [0.05, 0.1) is 4.99 Å². The number of fused-ring (bicyclic) bond motifs is 1. The Morgan fingerprint density at radius 2 is 2.15 bits per heavy atom. The first-order chi connectivity index (χ1) is 9.60. The van der Waals surface area contributed by atoms with Gasteiger partial charge in [0.2, 0.25) is 0 Å². The molecule has 0 saturated carbocycles. The molecule has 2 aliphatic rings. The molecule has 0 bridgehead atoms. The number of halogens is 2. The van der Waals surface area contributed by atoms with Gasteiger partial charge < -0.3 is 10.6 Å². The topological polar surface area (TPSA) is 29.3 Å². The number of hydrogen-bond donors (Lipinski definition) is 1. The maximum Gasteiger partial charge on any atom is 0.129 e. The Morgan fingerprint density at radius 3 is 2.90 bits per heavy atom. The second kappa shape index (κ2) is 5.22. The van der Waals surface area contributed by atoms with Crippen molar-refractivity contribution in [3.05, 3.63) is 46.7 Å². The zero-order chi connectivity index (χ0) is 14.3. The van der Waals surface area contributed by atoms with E-state index in [0.717, 1.165) is 35.2 Å². The highest BCUT2D eigenvalue weighted by Crippen LogP contribution is 2.31. The Morgan fingerprint density at radius 1 is 1.35 bits per heavy atom. The average Bonchev–Trinajstić information content (AvgIpc) is 2.78. The highest BCUT2D eigenvalue weighted by atomic mass is 32.1. The highest BCUT2D eigenvalue weighted by Gasteiger charge is 2.31. The fraction of sp³-hybridized carbons (Fsp3) is 0.400. The third-order valence-electron chi connectivity index (χ3n) is 4.10. The zero-order valence-electron chi connectivity index (χ0n) is 11.0. The highest BCUT2D eigenvalue weighted by molar-refractivity contribution is 7.80. The largest absolute Gasteiger partial charge is 0.335 e. The Hall–Kier alpha value is -1.33. The van der Waals surface area contributed by atoms with Gasteiger partial charge in [0.15, 0.2) is 0 Å². The van der Waals surface area contributed by atoms with Gasteiger partial charge >= 0.3 is 0 Å². The van der Waals surface area contributed by atoms with E-state index in [2.05, 4.69) is 4.90 Å². The van der Waals surface area contributed by atoms with Gasteiger partial charge in [-0.05, 0) is 36.5 Å². The van der Waals surface area contributed by atoms with Crippen molar-refractivity contribution >= 4 is 17.2 Å². The molecule has 1 aromatic carbocycles. The van der Waals surface area contributed by atoms with Crippen LogP contribution in [0, 0.1) is 11.6 Å². The van der Waals surface area contributed by atoms with Crippen LogP contribution < -0.4 is 5.73 Å². The Bertz CT molecular complexity index is 598. The fourth-order valence-electron chi connectivity index (χ4n) is 3.19. The molecule has 1 aliphatic carbocycles. The van der Waals surface area contributed by atoms with Crippen LogP contribution in [0.1, 0.15) is 24.0 Å². The van der Waals surface area contributed by atoms with Gasteiger partial charge in [-0.25, -0.2) is 8.78 Å². The summed E-state index contributed by atoms with van der Waals surface area (Å²) < 4.78 is 27.1. The van der Waals surface area contributed by atoms with E-state index in [4.69, 9.17) is 18.0 Å². The number of rotatable bonds is 2. The summed E-state index contributed by atoms with van der Waals surface area (Å²) in [5.41, 5.74) is 8.17. The number of nitrogens with zero attached hydrogens (tertiary/aromatic N) is 1. The minimum atomic E-state index is -0.513. The van der Waals surface area contributed by atoms with Crippen molar-refractivity contribution < 1.29 is 8.78 Å². The lowest BCUT2D eigenvalue weighted by molar-refractivity contribution is 0.339. The SMILES string of the molecule is NCC1=CCC(=S)N1[C@H]1CCc2c(F)cc(F)cc2C1. The van der Waals surface area contributed by atoms with Crippen LogP contribution in [0.4, 0.5) is 8.78 Å². The molecule has 5 heteroatoms. The van der Waals surface area contributed by atoms with Gasteiger partial charge in [-0.3, -0.25) is 0 Å². The molecular weight excluding hydrogens is 278 g/mol. The molecule has 1 aromatic rings. The van der Waals surface area contributed by atoms with Crippen LogP contribution in [0.2, 0.25) is 0 Å². The number of hydrogen-bond acceptors (Lipinski definition) is 2. The standard InChI is InChI=1S/C15H16F2N2S/c16-10-5-9-6-11(1-3-13(9)14(17)7-10)19-12(8-18)2-4-15(19)20/h2,5,7,11H,1,3-4,6,8,18H2/t11-/m0/s1. The molecule has 0 unspecified atom stereocenters. The molecule has 0 aromatic heterocycles. The first kappa shape index (κ1) is 13.6. The average molecular weight is 294 g/mol. The molecule has 1 heterocycles. The molecule has 0 fully saturated rings. The molecule has 1 atom stereocenters. The Balaban J connectivity index is 1.89. The van der Waals surface area contributed by atoms with Crippen LogP contribution in [0.25, 0.3) is 0 Å².